The van der Waals surface area contributed by atoms with Gasteiger partial charge in [-0.2, -0.15) is 4.98 Å². The average molecular weight is 430 g/mol. The Bertz CT molecular complexity index is 959. The van der Waals surface area contributed by atoms with E-state index in [-0.39, 0.29) is 29.8 Å². The molecule has 2 atom stereocenters. The zero-order chi connectivity index (χ0) is 22.1. The van der Waals surface area contributed by atoms with E-state index in [1.165, 1.54) is 6.07 Å². The zero-order valence-electron chi connectivity index (χ0n) is 18.2. The highest BCUT2D eigenvalue weighted by Crippen LogP contribution is 2.48. The molecule has 2 aliphatic rings. The van der Waals surface area contributed by atoms with E-state index in [2.05, 4.69) is 20.6 Å². The maximum absolute atomic E-state index is 13.4. The van der Waals surface area contributed by atoms with Crippen molar-refractivity contribution in [2.45, 2.75) is 57.0 Å². The summed E-state index contributed by atoms with van der Waals surface area (Å²) in [7, 11) is 3.92. The van der Waals surface area contributed by atoms with E-state index in [0.717, 1.165) is 43.1 Å². The Morgan fingerprint density at radius 1 is 1.10 bits per heavy atom. The first-order valence-electron chi connectivity index (χ1n) is 10.8. The molecule has 0 bridgehead atoms. The van der Waals surface area contributed by atoms with Crippen LogP contribution in [0.3, 0.4) is 0 Å². The lowest BCUT2D eigenvalue weighted by Crippen LogP contribution is -2.41. The van der Waals surface area contributed by atoms with E-state index < -0.39 is 11.6 Å². The van der Waals surface area contributed by atoms with E-state index in [1.807, 2.05) is 32.1 Å². The first-order valence-corrected chi connectivity index (χ1v) is 10.8. The second kappa shape index (κ2) is 8.77. The van der Waals surface area contributed by atoms with Crippen LogP contribution >= 0.6 is 0 Å². The normalized spacial score (nSPS) is 25.1. The number of aromatic nitrogens is 2. The Balaban J connectivity index is 1.25. The van der Waals surface area contributed by atoms with Gasteiger partial charge in [0.25, 0.3) is 0 Å². The van der Waals surface area contributed by atoms with Crippen LogP contribution in [-0.4, -0.2) is 42.1 Å². The van der Waals surface area contributed by atoms with Crippen molar-refractivity contribution in [2.24, 2.45) is 5.92 Å². The Morgan fingerprint density at radius 3 is 2.48 bits per heavy atom. The van der Waals surface area contributed by atoms with E-state index in [4.69, 9.17) is 0 Å². The molecular weight excluding hydrogens is 400 g/mol. The molecular formula is C23H29F2N5O. The minimum Gasteiger partial charge on any atom is -0.362 e. The second-order valence-electron chi connectivity index (χ2n) is 8.92. The number of nitrogens with one attached hydrogen (secondary N) is 2. The Morgan fingerprint density at radius 2 is 1.81 bits per heavy atom. The number of hydrogen-bond acceptors (Lipinski definition) is 5. The van der Waals surface area contributed by atoms with Crippen LogP contribution in [-0.2, 0) is 4.79 Å². The predicted octanol–water partition coefficient (Wildman–Crippen LogP) is 3.77. The summed E-state index contributed by atoms with van der Waals surface area (Å²) < 4.78 is 26.6. The molecule has 166 valence electrons. The number of halogens is 2. The molecule has 2 aliphatic carbocycles. The van der Waals surface area contributed by atoms with E-state index in [1.54, 1.807) is 6.07 Å². The molecule has 2 saturated carbocycles. The summed E-state index contributed by atoms with van der Waals surface area (Å²) in [6.07, 6.45) is 6.15. The van der Waals surface area contributed by atoms with Gasteiger partial charge in [0, 0.05) is 43.9 Å². The minimum absolute atomic E-state index is 0.0160. The Labute approximate surface area is 181 Å². The van der Waals surface area contributed by atoms with Gasteiger partial charge in [-0.05, 0) is 62.6 Å². The fraction of sp³-hybridized carbons (Fsp3) is 0.522. The molecule has 0 spiro atoms. The summed E-state index contributed by atoms with van der Waals surface area (Å²) in [5.74, 6) is -0.325. The highest BCUT2D eigenvalue weighted by molar-refractivity contribution is 5.83. The molecule has 2 N–H and O–H groups in total. The Kier molecular flexibility index (Phi) is 6.07. The number of carbonyl (C=O) groups is 1. The zero-order valence-corrected chi connectivity index (χ0v) is 18.2. The highest BCUT2D eigenvalue weighted by Gasteiger charge is 2.44. The van der Waals surface area contributed by atoms with Crippen molar-refractivity contribution in [3.63, 3.8) is 0 Å². The minimum atomic E-state index is -0.857. The lowest BCUT2D eigenvalue weighted by atomic mass is 9.91. The van der Waals surface area contributed by atoms with Crippen LogP contribution in [0.25, 0.3) is 0 Å². The number of benzene rings is 1. The van der Waals surface area contributed by atoms with Crippen molar-refractivity contribution in [2.75, 3.05) is 24.3 Å². The van der Waals surface area contributed by atoms with Crippen LogP contribution < -0.4 is 15.5 Å². The summed E-state index contributed by atoms with van der Waals surface area (Å²) in [6, 6.07) is 4.34. The molecule has 0 radical (unpaired) electrons. The summed E-state index contributed by atoms with van der Waals surface area (Å²) in [4.78, 5) is 23.6. The monoisotopic (exact) mass is 429 g/mol. The highest BCUT2D eigenvalue weighted by atomic mass is 19.2. The van der Waals surface area contributed by atoms with Crippen molar-refractivity contribution < 1.29 is 13.6 Å². The first-order chi connectivity index (χ1) is 14.8. The van der Waals surface area contributed by atoms with Gasteiger partial charge in [-0.15, -0.1) is 0 Å². The number of carbonyl (C=O) groups excluding carboxylic acids is 1. The quantitative estimate of drug-likeness (QED) is 0.732. The van der Waals surface area contributed by atoms with Gasteiger partial charge in [0.05, 0.1) is 0 Å². The molecule has 4 rings (SSSR count). The smallest absolute Gasteiger partial charge is 0.224 e. The summed E-state index contributed by atoms with van der Waals surface area (Å²) >= 11 is 0. The van der Waals surface area contributed by atoms with Crippen LogP contribution in [0.5, 0.6) is 0 Å². The van der Waals surface area contributed by atoms with Gasteiger partial charge in [-0.1, -0.05) is 6.07 Å². The van der Waals surface area contributed by atoms with Crippen molar-refractivity contribution in [1.82, 2.24) is 15.3 Å². The Hall–Kier alpha value is -2.77. The SMILES string of the molecule is Cc1cnc(NC2CCC(NC(=O)C3CC3c3ccc(F)c(F)c3)CC2)nc1N(C)C. The molecule has 31 heavy (non-hydrogen) atoms. The topological polar surface area (TPSA) is 70.1 Å². The van der Waals surface area contributed by atoms with Crippen molar-refractivity contribution >= 4 is 17.7 Å². The predicted molar refractivity (Wildman–Crippen MR) is 116 cm³/mol. The summed E-state index contributed by atoms with van der Waals surface area (Å²) in [5, 5.41) is 6.57. The van der Waals surface area contributed by atoms with Crippen LogP contribution in [0, 0.1) is 24.5 Å². The average Bonchev–Trinajstić information content (AvgIpc) is 3.54. The second-order valence-corrected chi connectivity index (χ2v) is 8.92. The third-order valence-electron chi connectivity index (χ3n) is 6.27. The molecule has 8 heteroatoms. The molecule has 0 aliphatic heterocycles. The van der Waals surface area contributed by atoms with Gasteiger partial charge in [-0.25, -0.2) is 13.8 Å². The van der Waals surface area contributed by atoms with Crippen molar-refractivity contribution in [3.05, 3.63) is 47.2 Å². The van der Waals surface area contributed by atoms with Crippen molar-refractivity contribution in [3.8, 4) is 0 Å². The molecule has 2 unspecified atom stereocenters. The van der Waals surface area contributed by atoms with Crippen LogP contribution in [0.15, 0.2) is 24.4 Å². The van der Waals surface area contributed by atoms with Crippen LogP contribution in [0.4, 0.5) is 20.5 Å². The van der Waals surface area contributed by atoms with Crippen LogP contribution in [0.2, 0.25) is 0 Å². The third kappa shape index (κ3) is 4.94. The fourth-order valence-corrected chi connectivity index (χ4v) is 4.42. The molecule has 0 saturated heterocycles. The number of amides is 1. The van der Waals surface area contributed by atoms with E-state index in [0.29, 0.717) is 17.9 Å². The van der Waals surface area contributed by atoms with Gasteiger partial charge < -0.3 is 15.5 Å². The first kappa shape index (κ1) is 21.5. The summed E-state index contributed by atoms with van der Waals surface area (Å²) in [6.45, 7) is 1.99. The van der Waals surface area contributed by atoms with Crippen LogP contribution in [0.1, 0.15) is 49.1 Å². The molecule has 1 amide bonds. The standard InChI is InChI=1S/C23H29F2N5O/c1-13-12-26-23(29-21(13)30(2)3)28-16-7-5-15(6-8-16)27-22(31)18-11-17(18)14-4-9-19(24)20(25)10-14/h4,9-10,12,15-18H,5-8,11H2,1-3H3,(H,27,31)(H,26,28,29). The number of anilines is 2. The van der Waals surface area contributed by atoms with Gasteiger partial charge in [0.15, 0.2) is 11.6 Å². The number of aryl methyl sites for hydroxylation is 1. The summed E-state index contributed by atoms with van der Waals surface area (Å²) in [5.41, 5.74) is 1.73. The van der Waals surface area contributed by atoms with Gasteiger partial charge >= 0.3 is 0 Å². The number of rotatable bonds is 6. The lowest BCUT2D eigenvalue weighted by Gasteiger charge is -2.30. The molecule has 2 fully saturated rings. The number of nitrogens with zero attached hydrogens (tertiary/aromatic N) is 3. The molecule has 1 aromatic carbocycles. The van der Waals surface area contributed by atoms with Gasteiger partial charge in [0.1, 0.15) is 5.82 Å². The van der Waals surface area contributed by atoms with Gasteiger partial charge in [-0.3, -0.25) is 4.79 Å². The largest absolute Gasteiger partial charge is 0.362 e. The third-order valence-corrected chi connectivity index (χ3v) is 6.27. The number of hydrogen-bond donors (Lipinski definition) is 2. The molecule has 6 nitrogen and oxygen atoms in total. The molecule has 2 aromatic rings. The van der Waals surface area contributed by atoms with Gasteiger partial charge in [0.2, 0.25) is 11.9 Å². The van der Waals surface area contributed by atoms with Crippen molar-refractivity contribution in [1.29, 1.82) is 0 Å². The fourth-order valence-electron chi connectivity index (χ4n) is 4.42. The maximum atomic E-state index is 13.4. The lowest BCUT2D eigenvalue weighted by molar-refractivity contribution is -0.123. The van der Waals surface area contributed by atoms with E-state index >= 15 is 0 Å². The molecule has 1 heterocycles. The molecule has 1 aromatic heterocycles. The maximum Gasteiger partial charge on any atom is 0.224 e. The van der Waals surface area contributed by atoms with E-state index in [9.17, 15) is 13.6 Å².